The Morgan fingerprint density at radius 2 is 1.25 bits per heavy atom. The van der Waals surface area contributed by atoms with Gasteiger partial charge in [0.05, 0.1) is 11.1 Å². The van der Waals surface area contributed by atoms with E-state index in [0.29, 0.717) is 0 Å². The Morgan fingerprint density at radius 1 is 0.800 bits per heavy atom. The van der Waals surface area contributed by atoms with Gasteiger partial charge >= 0.3 is 5.78 Å². The second-order valence-corrected chi connectivity index (χ2v) is 7.13. The van der Waals surface area contributed by atoms with Gasteiger partial charge in [-0.15, -0.1) is 0 Å². The zero-order valence-electron chi connectivity index (χ0n) is 12.4. The summed E-state index contributed by atoms with van der Waals surface area (Å²) in [5.74, 6) is 4.22. The molecule has 0 aromatic heterocycles. The molecule has 5 aliphatic rings. The zero-order valence-corrected chi connectivity index (χ0v) is 12.4. The van der Waals surface area contributed by atoms with Gasteiger partial charge in [0.25, 0.3) is 7.11 Å². The topological polar surface area (TPSA) is 20.5 Å². The summed E-state index contributed by atoms with van der Waals surface area (Å²) in [6.07, 6.45) is 9.33. The summed E-state index contributed by atoms with van der Waals surface area (Å²) in [5.41, 5.74) is 6.14. The first-order valence-corrected chi connectivity index (χ1v) is 8.15. The third kappa shape index (κ3) is 1.19. The SMILES string of the molecule is CO[C]1C2=C(C(=[O+]C)C3=C1[C@@H]1CC[C@H]3C1)[C@@H]1CC[C@H]2C1. The van der Waals surface area contributed by atoms with Crippen LogP contribution in [0.15, 0.2) is 22.3 Å². The second-order valence-electron chi connectivity index (χ2n) is 7.13. The summed E-state index contributed by atoms with van der Waals surface area (Å²) in [5, 5.41) is 0. The Morgan fingerprint density at radius 3 is 1.65 bits per heavy atom. The van der Waals surface area contributed by atoms with Gasteiger partial charge in [-0.25, -0.2) is 0 Å². The lowest BCUT2D eigenvalue weighted by Gasteiger charge is -2.33. The summed E-state index contributed by atoms with van der Waals surface area (Å²) in [6, 6.07) is 0. The first kappa shape index (κ1) is 11.7. The normalized spacial score (nSPS) is 44.0. The van der Waals surface area contributed by atoms with Gasteiger partial charge < -0.3 is 4.74 Å². The highest BCUT2D eigenvalue weighted by molar-refractivity contribution is 6.13. The molecule has 5 rings (SSSR count). The molecule has 0 spiro atoms. The van der Waals surface area contributed by atoms with Crippen molar-refractivity contribution in [2.24, 2.45) is 23.7 Å². The van der Waals surface area contributed by atoms with Crippen LogP contribution in [0.25, 0.3) is 0 Å². The molecule has 2 fully saturated rings. The summed E-state index contributed by atoms with van der Waals surface area (Å²) in [4.78, 5) is 0. The molecule has 2 heteroatoms. The van der Waals surface area contributed by atoms with Crippen molar-refractivity contribution in [2.45, 2.75) is 38.5 Å². The van der Waals surface area contributed by atoms with Gasteiger partial charge in [0.2, 0.25) is 0 Å². The molecule has 0 aromatic carbocycles. The standard InChI is InChI=1S/C18H22O2/c1-19-17-13-9-3-5-11(7-9)15(13)18(20-2)16-12-6-4-10(8-12)14(16)17/h9-12H,3-8H2,1-2H3/q+1/t9-,10+,11+,12-. The summed E-state index contributed by atoms with van der Waals surface area (Å²) < 4.78 is 11.9. The lowest BCUT2D eigenvalue weighted by molar-refractivity contribution is -0.419. The van der Waals surface area contributed by atoms with Crippen LogP contribution in [0.1, 0.15) is 38.5 Å². The Balaban J connectivity index is 1.73. The number of ketones is 1. The predicted molar refractivity (Wildman–Crippen MR) is 76.9 cm³/mol. The molecule has 0 aliphatic heterocycles. The van der Waals surface area contributed by atoms with Crippen LogP contribution < -0.4 is 0 Å². The molecule has 0 saturated heterocycles. The van der Waals surface area contributed by atoms with Crippen molar-refractivity contribution in [1.29, 1.82) is 0 Å². The second kappa shape index (κ2) is 3.85. The van der Waals surface area contributed by atoms with E-state index in [2.05, 4.69) is 0 Å². The minimum atomic E-state index is 0.739. The van der Waals surface area contributed by atoms with Crippen molar-refractivity contribution in [1.82, 2.24) is 0 Å². The number of ether oxygens (including phenoxy) is 1. The first-order chi connectivity index (χ1) is 9.83. The van der Waals surface area contributed by atoms with Gasteiger partial charge in [0.1, 0.15) is 6.10 Å². The van der Waals surface area contributed by atoms with E-state index in [1.165, 1.54) is 72.7 Å². The molecule has 2 saturated carbocycles. The number of hydrogen-bond acceptors (Lipinski definition) is 1. The van der Waals surface area contributed by atoms with E-state index in [0.717, 1.165) is 23.7 Å². The summed E-state index contributed by atoms with van der Waals surface area (Å²) in [6.45, 7) is 0. The molecule has 2 nitrogen and oxygen atoms in total. The molecule has 0 aromatic rings. The number of allylic oxidation sites excluding steroid dienone is 2. The van der Waals surface area contributed by atoms with Gasteiger partial charge in [-0.3, -0.25) is 4.42 Å². The Kier molecular flexibility index (Phi) is 2.26. The number of carbonyl (C=O) groups excluding carboxylic acids is 1. The third-order valence-corrected chi connectivity index (χ3v) is 6.47. The van der Waals surface area contributed by atoms with Crippen molar-refractivity contribution in [3.05, 3.63) is 28.4 Å². The van der Waals surface area contributed by atoms with Crippen molar-refractivity contribution in [3.63, 3.8) is 0 Å². The molecule has 0 N–H and O–H groups in total. The fourth-order valence-electron chi connectivity index (χ4n) is 5.85. The van der Waals surface area contributed by atoms with Gasteiger partial charge in [0, 0.05) is 7.11 Å². The van der Waals surface area contributed by atoms with Gasteiger partial charge in [0.15, 0.2) is 0 Å². The maximum atomic E-state index is 5.95. The summed E-state index contributed by atoms with van der Waals surface area (Å²) >= 11 is 0. The van der Waals surface area contributed by atoms with Crippen molar-refractivity contribution in [3.8, 4) is 0 Å². The third-order valence-electron chi connectivity index (χ3n) is 6.47. The molecular formula is C18H22O2+. The van der Waals surface area contributed by atoms with Gasteiger partial charge in [-0.05, 0) is 73.3 Å². The van der Waals surface area contributed by atoms with Gasteiger partial charge in [-0.1, -0.05) is 0 Å². The van der Waals surface area contributed by atoms with Crippen LogP contribution in [0.2, 0.25) is 0 Å². The summed E-state index contributed by atoms with van der Waals surface area (Å²) in [7, 11) is 3.75. The highest BCUT2D eigenvalue weighted by Crippen LogP contribution is 2.62. The first-order valence-electron chi connectivity index (χ1n) is 8.15. The van der Waals surface area contributed by atoms with Crippen LogP contribution in [0, 0.1) is 29.8 Å². The van der Waals surface area contributed by atoms with E-state index in [4.69, 9.17) is 9.16 Å². The van der Waals surface area contributed by atoms with Crippen molar-refractivity contribution in [2.75, 3.05) is 14.2 Å². The lowest BCUT2D eigenvalue weighted by atomic mass is 9.72. The predicted octanol–water partition coefficient (Wildman–Crippen LogP) is 3.37. The maximum absolute atomic E-state index is 5.95. The molecule has 4 bridgehead atoms. The smallest absolute Gasteiger partial charge is 0.350 e. The van der Waals surface area contributed by atoms with E-state index in [1.807, 2.05) is 14.2 Å². The minimum Gasteiger partial charge on any atom is -0.366 e. The number of hydrogen-bond donors (Lipinski definition) is 0. The number of fused-ring (bicyclic) bond motifs is 8. The monoisotopic (exact) mass is 270 g/mol. The van der Waals surface area contributed by atoms with Crippen LogP contribution in [0.5, 0.6) is 0 Å². The zero-order chi connectivity index (χ0) is 13.4. The molecule has 20 heavy (non-hydrogen) atoms. The van der Waals surface area contributed by atoms with Crippen LogP contribution in [-0.2, 0) is 9.16 Å². The Labute approximate surface area is 120 Å². The largest absolute Gasteiger partial charge is 0.366 e. The highest BCUT2D eigenvalue weighted by Gasteiger charge is 2.58. The molecule has 4 atom stereocenters. The van der Waals surface area contributed by atoms with Crippen LogP contribution in [-0.4, -0.2) is 20.0 Å². The van der Waals surface area contributed by atoms with Gasteiger partial charge in [-0.2, -0.15) is 0 Å². The quantitative estimate of drug-likeness (QED) is 0.669. The molecule has 105 valence electrons. The van der Waals surface area contributed by atoms with Crippen LogP contribution in [0.4, 0.5) is 0 Å². The van der Waals surface area contributed by atoms with E-state index in [9.17, 15) is 0 Å². The maximum Gasteiger partial charge on any atom is 0.350 e. The number of rotatable bonds is 1. The molecule has 5 aliphatic carbocycles. The fraction of sp³-hybridized carbons (Fsp3) is 0.667. The molecular weight excluding hydrogens is 248 g/mol. The Bertz CT molecular complexity index is 534. The lowest BCUT2D eigenvalue weighted by Crippen LogP contribution is -2.30. The molecule has 0 unspecified atom stereocenters. The fourth-order valence-corrected chi connectivity index (χ4v) is 5.85. The van der Waals surface area contributed by atoms with E-state index < -0.39 is 0 Å². The van der Waals surface area contributed by atoms with Crippen molar-refractivity contribution >= 4 is 5.78 Å². The van der Waals surface area contributed by atoms with E-state index in [1.54, 1.807) is 0 Å². The van der Waals surface area contributed by atoms with Crippen LogP contribution >= 0.6 is 0 Å². The van der Waals surface area contributed by atoms with E-state index >= 15 is 0 Å². The molecule has 0 amide bonds. The average Bonchev–Trinajstić information content (AvgIpc) is 3.23. The molecule has 1 radical (unpaired) electrons. The Hall–Kier alpha value is -0.890. The minimum absolute atomic E-state index is 0.739. The number of methoxy groups -OCH3 is 1. The highest BCUT2D eigenvalue weighted by atomic mass is 16.5. The van der Waals surface area contributed by atoms with Crippen molar-refractivity contribution < 1.29 is 9.16 Å². The average molecular weight is 270 g/mol. The van der Waals surface area contributed by atoms with Crippen LogP contribution in [0.3, 0.4) is 0 Å². The molecule has 0 heterocycles. The van der Waals surface area contributed by atoms with E-state index in [-0.39, 0.29) is 0 Å².